The predicted octanol–water partition coefficient (Wildman–Crippen LogP) is 2.98. The van der Waals surface area contributed by atoms with E-state index in [4.69, 9.17) is 0 Å². The molecule has 1 fully saturated rings. The van der Waals surface area contributed by atoms with E-state index in [9.17, 15) is 24.1 Å². The summed E-state index contributed by atoms with van der Waals surface area (Å²) in [6.07, 6.45) is 3.07. The molecule has 0 saturated carbocycles. The summed E-state index contributed by atoms with van der Waals surface area (Å²) in [6, 6.07) is 7.17. The van der Waals surface area contributed by atoms with Gasteiger partial charge in [0.05, 0.1) is 40.8 Å². The highest BCUT2D eigenvalue weighted by Gasteiger charge is 2.34. The Bertz CT molecular complexity index is 1530. The largest absolute Gasteiger partial charge is 0.341 e. The van der Waals surface area contributed by atoms with Gasteiger partial charge in [0, 0.05) is 38.8 Å². The van der Waals surface area contributed by atoms with Crippen LogP contribution in [0.5, 0.6) is 0 Å². The summed E-state index contributed by atoms with van der Waals surface area (Å²) < 4.78 is 29.9. The lowest BCUT2D eigenvalue weighted by atomic mass is 10.0. The molecule has 0 unspecified atom stereocenters. The van der Waals surface area contributed by atoms with Crippen molar-refractivity contribution in [2.45, 2.75) is 26.3 Å². The first-order valence-electron chi connectivity index (χ1n) is 11.9. The van der Waals surface area contributed by atoms with Gasteiger partial charge in [-0.05, 0) is 37.6 Å². The quantitative estimate of drug-likeness (QED) is 0.523. The second-order valence-corrected chi connectivity index (χ2v) is 8.95. The van der Waals surface area contributed by atoms with Gasteiger partial charge in [0.1, 0.15) is 11.9 Å². The second kappa shape index (κ2) is 9.86. The van der Waals surface area contributed by atoms with Crippen molar-refractivity contribution in [3.8, 4) is 18.0 Å². The lowest BCUT2D eigenvalue weighted by molar-refractivity contribution is 0.139. The number of nitriles is 2. The van der Waals surface area contributed by atoms with E-state index >= 15 is 0 Å². The van der Waals surface area contributed by atoms with Gasteiger partial charge in [-0.15, -0.1) is 0 Å². The zero-order valence-electron chi connectivity index (χ0n) is 20.6. The number of halogens is 2. The third-order valence-electron chi connectivity index (χ3n) is 6.61. The molecular weight excluding hydrogens is 494 g/mol. The molecule has 11 nitrogen and oxygen atoms in total. The van der Waals surface area contributed by atoms with Crippen LogP contribution in [0.1, 0.15) is 40.5 Å². The van der Waals surface area contributed by atoms with Gasteiger partial charge >= 0.3 is 6.03 Å². The van der Waals surface area contributed by atoms with E-state index in [1.807, 2.05) is 11.0 Å². The first kappa shape index (κ1) is 24.8. The number of hydrogen-bond donors (Lipinski definition) is 0. The van der Waals surface area contributed by atoms with Gasteiger partial charge in [-0.2, -0.15) is 25.7 Å². The minimum atomic E-state index is -0.674. The number of hydrazone groups is 1. The number of rotatable bonds is 3. The number of anilines is 1. The van der Waals surface area contributed by atoms with Crippen LogP contribution in [0, 0.1) is 48.1 Å². The summed E-state index contributed by atoms with van der Waals surface area (Å²) in [6.45, 7) is 4.78. The molecule has 13 heteroatoms. The van der Waals surface area contributed by atoms with E-state index in [2.05, 4.69) is 26.2 Å². The average Bonchev–Trinajstić information content (AvgIpc) is 3.52. The van der Waals surface area contributed by atoms with Crippen LogP contribution in [0.15, 0.2) is 29.5 Å². The SMILES string of the molecule is Cc1nn(-c2nc(N3CCN(C(=O)N4N=CC[C@H]4c4cc(F)cc(C#N)c4)CC3)ncc2F)c(C)c1C#N. The Morgan fingerprint density at radius 2 is 1.84 bits per heavy atom. The third kappa shape index (κ3) is 4.39. The summed E-state index contributed by atoms with van der Waals surface area (Å²) in [5, 5.41) is 28.3. The molecule has 2 aliphatic heterocycles. The zero-order chi connectivity index (χ0) is 27.0. The van der Waals surface area contributed by atoms with Gasteiger partial charge in [-0.3, -0.25) is 0 Å². The van der Waals surface area contributed by atoms with Crippen molar-refractivity contribution >= 4 is 18.2 Å². The Hall–Kier alpha value is -4.91. The van der Waals surface area contributed by atoms with Gasteiger partial charge in [0.25, 0.3) is 0 Å². The van der Waals surface area contributed by atoms with Crippen LogP contribution in [0.4, 0.5) is 19.5 Å². The number of urea groups is 1. The normalized spacial score (nSPS) is 17.0. The van der Waals surface area contributed by atoms with E-state index in [1.165, 1.54) is 15.8 Å². The maximum atomic E-state index is 14.6. The smallest absolute Gasteiger partial charge is 0.337 e. The molecule has 0 N–H and O–H groups in total. The lowest BCUT2D eigenvalue weighted by Gasteiger charge is -2.37. The molecule has 3 aromatic rings. The topological polar surface area (TPSA) is 130 Å². The number of aromatic nitrogens is 4. The van der Waals surface area contributed by atoms with Crippen molar-refractivity contribution in [1.82, 2.24) is 29.7 Å². The molecule has 0 radical (unpaired) electrons. The fraction of sp³-hybridized carbons (Fsp3) is 0.320. The average molecular weight is 517 g/mol. The Labute approximate surface area is 216 Å². The number of nitrogens with zero attached hydrogens (tertiary/aromatic N) is 10. The Morgan fingerprint density at radius 1 is 1.08 bits per heavy atom. The molecule has 0 spiro atoms. The minimum absolute atomic E-state index is 0.0586. The highest BCUT2D eigenvalue weighted by atomic mass is 19.1. The fourth-order valence-corrected chi connectivity index (χ4v) is 4.65. The molecule has 2 amide bonds. The van der Waals surface area contributed by atoms with E-state index in [-0.39, 0.29) is 23.4 Å². The molecule has 1 atom stereocenters. The molecule has 5 rings (SSSR count). The number of piperazine rings is 1. The molecule has 4 heterocycles. The first-order chi connectivity index (χ1) is 18.3. The molecule has 2 aromatic heterocycles. The molecule has 38 heavy (non-hydrogen) atoms. The highest BCUT2D eigenvalue weighted by Crippen LogP contribution is 2.31. The van der Waals surface area contributed by atoms with Crippen LogP contribution in [0.3, 0.4) is 0 Å². The predicted molar refractivity (Wildman–Crippen MR) is 131 cm³/mol. The number of amides is 2. The van der Waals surface area contributed by atoms with E-state index in [0.717, 1.165) is 12.3 Å². The van der Waals surface area contributed by atoms with Crippen molar-refractivity contribution < 1.29 is 13.6 Å². The van der Waals surface area contributed by atoms with Crippen molar-refractivity contribution in [3.63, 3.8) is 0 Å². The molecule has 1 saturated heterocycles. The summed E-state index contributed by atoms with van der Waals surface area (Å²) in [5.74, 6) is -1.00. The van der Waals surface area contributed by atoms with Gasteiger partial charge in [0.15, 0.2) is 11.6 Å². The van der Waals surface area contributed by atoms with Gasteiger partial charge in [-0.1, -0.05) is 0 Å². The van der Waals surface area contributed by atoms with Gasteiger partial charge in [0.2, 0.25) is 5.95 Å². The number of hydrogen-bond acceptors (Lipinski definition) is 8. The lowest BCUT2D eigenvalue weighted by Crippen LogP contribution is -2.52. The maximum Gasteiger partial charge on any atom is 0.341 e. The van der Waals surface area contributed by atoms with Crippen LogP contribution >= 0.6 is 0 Å². The standard InChI is InChI=1S/C25H22F2N10O/c1-15-20(13-29)16(2)36(33-15)23-21(27)14-30-24(32-23)34-5-7-35(8-6-34)25(38)37-22(3-4-31-37)18-9-17(12-28)10-19(26)11-18/h4,9-11,14,22H,3,5-8H2,1-2H3/t22-/m0/s1. The van der Waals surface area contributed by atoms with Crippen molar-refractivity contribution in [2.75, 3.05) is 31.1 Å². The van der Waals surface area contributed by atoms with Crippen molar-refractivity contribution in [2.24, 2.45) is 5.10 Å². The summed E-state index contributed by atoms with van der Waals surface area (Å²) in [4.78, 5) is 25.2. The van der Waals surface area contributed by atoms with Crippen LogP contribution in [0.25, 0.3) is 5.82 Å². The number of carbonyl (C=O) groups excluding carboxylic acids is 1. The number of aryl methyl sites for hydroxylation is 1. The Balaban J connectivity index is 1.30. The van der Waals surface area contributed by atoms with Crippen LogP contribution in [0.2, 0.25) is 0 Å². The molecule has 1 aromatic carbocycles. The highest BCUT2D eigenvalue weighted by molar-refractivity contribution is 5.78. The molecular formula is C25H22F2N10O. The first-order valence-corrected chi connectivity index (χ1v) is 11.9. The van der Waals surface area contributed by atoms with Crippen molar-refractivity contribution in [1.29, 1.82) is 10.5 Å². The van der Waals surface area contributed by atoms with E-state index in [0.29, 0.717) is 55.1 Å². The summed E-state index contributed by atoms with van der Waals surface area (Å²) in [5.41, 5.74) is 1.99. The van der Waals surface area contributed by atoms with Gasteiger partial charge in [-0.25, -0.2) is 28.3 Å². The zero-order valence-corrected chi connectivity index (χ0v) is 20.6. The minimum Gasteiger partial charge on any atom is -0.337 e. The monoisotopic (exact) mass is 516 g/mol. The van der Waals surface area contributed by atoms with Crippen LogP contribution in [-0.2, 0) is 0 Å². The Kier molecular flexibility index (Phi) is 6.43. The van der Waals surface area contributed by atoms with E-state index < -0.39 is 17.7 Å². The second-order valence-electron chi connectivity index (χ2n) is 8.95. The maximum absolute atomic E-state index is 14.6. The summed E-state index contributed by atoms with van der Waals surface area (Å²) in [7, 11) is 0. The van der Waals surface area contributed by atoms with Crippen LogP contribution in [-0.4, -0.2) is 68.1 Å². The molecule has 0 bridgehead atoms. The number of benzene rings is 1. The Morgan fingerprint density at radius 3 is 2.53 bits per heavy atom. The molecule has 192 valence electrons. The number of carbonyl (C=O) groups is 1. The molecule has 2 aliphatic rings. The van der Waals surface area contributed by atoms with Crippen LogP contribution < -0.4 is 4.90 Å². The third-order valence-corrected chi connectivity index (χ3v) is 6.61. The van der Waals surface area contributed by atoms with E-state index in [1.54, 1.807) is 31.0 Å². The molecule has 0 aliphatic carbocycles. The van der Waals surface area contributed by atoms with Crippen molar-refractivity contribution in [3.05, 3.63) is 64.1 Å². The fourth-order valence-electron chi connectivity index (χ4n) is 4.65. The van der Waals surface area contributed by atoms with Gasteiger partial charge < -0.3 is 9.80 Å². The summed E-state index contributed by atoms with van der Waals surface area (Å²) >= 11 is 0.